The fraction of sp³-hybridized carbons (Fsp3) is 0.889. The van der Waals surface area contributed by atoms with E-state index in [2.05, 4.69) is 10.6 Å². The number of methoxy groups -OCH3 is 1. The molecule has 0 spiro atoms. The van der Waals surface area contributed by atoms with E-state index in [0.29, 0.717) is 12.6 Å². The summed E-state index contributed by atoms with van der Waals surface area (Å²) in [6.07, 6.45) is 5.74. The molecule has 0 radical (unpaired) electrons. The van der Waals surface area contributed by atoms with E-state index in [0.717, 1.165) is 45.1 Å². The van der Waals surface area contributed by atoms with Gasteiger partial charge in [0.25, 0.3) is 0 Å². The zero-order valence-corrected chi connectivity index (χ0v) is 15.4. The Kier molecular flexibility index (Phi) is 6.12. The molecule has 2 rings (SSSR count). The minimum Gasteiger partial charge on any atom is -0.469 e. The van der Waals surface area contributed by atoms with E-state index in [4.69, 9.17) is 9.47 Å². The lowest BCUT2D eigenvalue weighted by Crippen LogP contribution is -2.42. The van der Waals surface area contributed by atoms with Gasteiger partial charge in [-0.25, -0.2) is 4.79 Å². The number of rotatable bonds is 6. The van der Waals surface area contributed by atoms with Crippen molar-refractivity contribution in [2.24, 2.45) is 11.3 Å². The van der Waals surface area contributed by atoms with Gasteiger partial charge in [0.05, 0.1) is 13.0 Å². The first-order valence-electron chi connectivity index (χ1n) is 9.01. The van der Waals surface area contributed by atoms with Crippen LogP contribution in [0, 0.1) is 11.3 Å². The first-order chi connectivity index (χ1) is 11.2. The summed E-state index contributed by atoms with van der Waals surface area (Å²) in [7, 11) is 1.46. The Morgan fingerprint density at radius 1 is 1.08 bits per heavy atom. The molecular weight excluding hydrogens is 308 g/mol. The molecule has 0 heterocycles. The molecule has 2 N–H and O–H groups in total. The molecule has 24 heavy (non-hydrogen) atoms. The van der Waals surface area contributed by atoms with Gasteiger partial charge in [0.1, 0.15) is 5.60 Å². The van der Waals surface area contributed by atoms with Gasteiger partial charge >= 0.3 is 12.1 Å². The van der Waals surface area contributed by atoms with Crippen LogP contribution in [0.25, 0.3) is 0 Å². The van der Waals surface area contributed by atoms with Gasteiger partial charge in [0, 0.05) is 24.5 Å². The lowest BCUT2D eigenvalue weighted by atomic mass is 9.86. The molecule has 0 aromatic heterocycles. The van der Waals surface area contributed by atoms with Crippen LogP contribution in [0.5, 0.6) is 0 Å². The van der Waals surface area contributed by atoms with Crippen LogP contribution in [0.3, 0.4) is 0 Å². The summed E-state index contributed by atoms with van der Waals surface area (Å²) in [6.45, 7) is 7.17. The molecule has 0 aromatic rings. The molecular formula is C18H32N2O4. The molecule has 0 unspecified atom stereocenters. The molecule has 2 aliphatic rings. The monoisotopic (exact) mass is 340 g/mol. The first kappa shape index (κ1) is 19.0. The Morgan fingerprint density at radius 3 is 2.21 bits per heavy atom. The van der Waals surface area contributed by atoms with Crippen molar-refractivity contribution >= 4 is 12.1 Å². The van der Waals surface area contributed by atoms with Gasteiger partial charge in [-0.1, -0.05) is 0 Å². The van der Waals surface area contributed by atoms with Gasteiger partial charge in [-0.05, 0) is 59.3 Å². The van der Waals surface area contributed by atoms with Crippen molar-refractivity contribution in [3.05, 3.63) is 0 Å². The quantitative estimate of drug-likeness (QED) is 0.727. The summed E-state index contributed by atoms with van der Waals surface area (Å²) in [4.78, 5) is 23.3. The number of esters is 1. The third-order valence-corrected chi connectivity index (χ3v) is 4.99. The maximum Gasteiger partial charge on any atom is 0.407 e. The molecule has 2 fully saturated rings. The standard InChI is InChI=1S/C18H32N2O4/c1-17(2,3)24-16(22)20-12-18(9-10-18)11-19-14-7-5-13(6-8-14)15(21)23-4/h13-14,19H,5-12H2,1-4H3,(H,20,22). The zero-order valence-electron chi connectivity index (χ0n) is 15.4. The second kappa shape index (κ2) is 7.72. The maximum atomic E-state index is 11.8. The summed E-state index contributed by atoms with van der Waals surface area (Å²) in [6, 6.07) is 0.463. The van der Waals surface area contributed by atoms with Crippen LogP contribution in [-0.4, -0.2) is 43.9 Å². The lowest BCUT2D eigenvalue weighted by Gasteiger charge is -2.29. The zero-order chi connectivity index (χ0) is 17.8. The Hall–Kier alpha value is -1.30. The lowest BCUT2D eigenvalue weighted by molar-refractivity contribution is -0.146. The average molecular weight is 340 g/mol. The highest BCUT2D eigenvalue weighted by Crippen LogP contribution is 2.44. The van der Waals surface area contributed by atoms with Crippen molar-refractivity contribution in [3.8, 4) is 0 Å². The maximum absolute atomic E-state index is 11.8. The third kappa shape index (κ3) is 5.96. The SMILES string of the molecule is COC(=O)C1CCC(NCC2(CNC(=O)OC(C)(C)C)CC2)CC1. The minimum atomic E-state index is -0.461. The van der Waals surface area contributed by atoms with Gasteiger partial charge in [-0.15, -0.1) is 0 Å². The summed E-state index contributed by atoms with van der Waals surface area (Å²) in [5, 5.41) is 6.53. The predicted molar refractivity (Wildman–Crippen MR) is 91.7 cm³/mol. The average Bonchev–Trinajstić information content (AvgIpc) is 3.30. The summed E-state index contributed by atoms with van der Waals surface area (Å²) >= 11 is 0. The molecule has 6 nitrogen and oxygen atoms in total. The molecule has 1 amide bonds. The number of hydrogen-bond acceptors (Lipinski definition) is 5. The van der Waals surface area contributed by atoms with Crippen LogP contribution in [0.1, 0.15) is 59.3 Å². The second-order valence-electron chi connectivity index (χ2n) is 8.31. The van der Waals surface area contributed by atoms with Crippen LogP contribution < -0.4 is 10.6 Å². The normalized spacial score (nSPS) is 25.7. The smallest absolute Gasteiger partial charge is 0.407 e. The number of amides is 1. The summed E-state index contributed by atoms with van der Waals surface area (Å²) in [5.41, 5.74) is -0.284. The molecule has 0 aromatic carbocycles. The van der Waals surface area contributed by atoms with Gasteiger partial charge in [-0.2, -0.15) is 0 Å². The van der Waals surface area contributed by atoms with E-state index < -0.39 is 5.60 Å². The van der Waals surface area contributed by atoms with Gasteiger partial charge in [-0.3, -0.25) is 4.79 Å². The molecule has 0 aliphatic heterocycles. The van der Waals surface area contributed by atoms with E-state index in [9.17, 15) is 9.59 Å². The molecule has 2 saturated carbocycles. The number of nitrogens with one attached hydrogen (secondary N) is 2. The topological polar surface area (TPSA) is 76.7 Å². The minimum absolute atomic E-state index is 0.0665. The van der Waals surface area contributed by atoms with Crippen molar-refractivity contribution in [1.29, 1.82) is 0 Å². The molecule has 2 aliphatic carbocycles. The van der Waals surface area contributed by atoms with Gasteiger partial charge < -0.3 is 20.1 Å². The highest BCUT2D eigenvalue weighted by Gasteiger charge is 2.43. The number of carbonyl (C=O) groups is 2. The third-order valence-electron chi connectivity index (χ3n) is 4.99. The van der Waals surface area contributed by atoms with Crippen LogP contribution in [0.4, 0.5) is 4.79 Å². The van der Waals surface area contributed by atoms with E-state index in [1.165, 1.54) is 7.11 Å². The van der Waals surface area contributed by atoms with Crippen LogP contribution >= 0.6 is 0 Å². The molecule has 6 heteroatoms. The number of hydrogen-bond donors (Lipinski definition) is 2. The summed E-state index contributed by atoms with van der Waals surface area (Å²) < 4.78 is 10.1. The van der Waals surface area contributed by atoms with E-state index in [-0.39, 0.29) is 23.4 Å². The number of alkyl carbamates (subject to hydrolysis) is 1. The highest BCUT2D eigenvalue weighted by molar-refractivity contribution is 5.72. The Morgan fingerprint density at radius 2 is 1.71 bits per heavy atom. The van der Waals surface area contributed by atoms with Crippen LogP contribution in [0.15, 0.2) is 0 Å². The van der Waals surface area contributed by atoms with Crippen molar-refractivity contribution in [1.82, 2.24) is 10.6 Å². The Labute approximate surface area is 145 Å². The molecule has 138 valence electrons. The fourth-order valence-electron chi connectivity index (χ4n) is 3.23. The van der Waals surface area contributed by atoms with Crippen molar-refractivity contribution in [3.63, 3.8) is 0 Å². The predicted octanol–water partition coefficient (Wildman–Crippen LogP) is 2.61. The second-order valence-corrected chi connectivity index (χ2v) is 8.31. The summed E-state index contributed by atoms with van der Waals surface area (Å²) in [5.74, 6) is -0.00885. The van der Waals surface area contributed by atoms with Gasteiger partial charge in [0.15, 0.2) is 0 Å². The number of ether oxygens (including phenoxy) is 2. The van der Waals surface area contributed by atoms with Crippen LogP contribution in [-0.2, 0) is 14.3 Å². The molecule has 0 saturated heterocycles. The fourth-order valence-corrected chi connectivity index (χ4v) is 3.23. The van der Waals surface area contributed by atoms with E-state index in [1.54, 1.807) is 0 Å². The number of carbonyl (C=O) groups excluding carboxylic acids is 2. The highest BCUT2D eigenvalue weighted by atomic mass is 16.6. The van der Waals surface area contributed by atoms with Gasteiger partial charge in [0.2, 0.25) is 0 Å². The first-order valence-corrected chi connectivity index (χ1v) is 9.01. The van der Waals surface area contributed by atoms with Crippen molar-refractivity contribution in [2.75, 3.05) is 20.2 Å². The van der Waals surface area contributed by atoms with E-state index in [1.807, 2.05) is 20.8 Å². The van der Waals surface area contributed by atoms with Crippen molar-refractivity contribution < 1.29 is 19.1 Å². The Bertz CT molecular complexity index is 446. The molecule has 0 atom stereocenters. The van der Waals surface area contributed by atoms with Crippen molar-refractivity contribution in [2.45, 2.75) is 70.9 Å². The molecule has 0 bridgehead atoms. The van der Waals surface area contributed by atoms with E-state index >= 15 is 0 Å². The van der Waals surface area contributed by atoms with Crippen LogP contribution in [0.2, 0.25) is 0 Å². The largest absolute Gasteiger partial charge is 0.469 e. The Balaban J connectivity index is 1.65.